The van der Waals surface area contributed by atoms with Crippen LogP contribution < -0.4 is 16.4 Å². The van der Waals surface area contributed by atoms with Gasteiger partial charge in [-0.05, 0) is 43.7 Å². The van der Waals surface area contributed by atoms with Gasteiger partial charge >= 0.3 is 0 Å². The number of nitrogens with zero attached hydrogens (tertiary/aromatic N) is 4. The summed E-state index contributed by atoms with van der Waals surface area (Å²) in [6, 6.07) is 3.62. The zero-order valence-corrected chi connectivity index (χ0v) is 15.1. The van der Waals surface area contributed by atoms with Crippen LogP contribution in [0.2, 0.25) is 0 Å². The van der Waals surface area contributed by atoms with Crippen LogP contribution in [0.5, 0.6) is 0 Å². The highest BCUT2D eigenvalue weighted by molar-refractivity contribution is 5.61. The minimum Gasteiger partial charge on any atom is -0.384 e. The molecule has 6 heteroatoms. The summed E-state index contributed by atoms with van der Waals surface area (Å²) in [6.45, 7) is 3.99. The smallest absolute Gasteiger partial charge is 0.222 e. The summed E-state index contributed by atoms with van der Waals surface area (Å²) in [4.78, 5) is 15.3. The first-order valence-corrected chi connectivity index (χ1v) is 9.17. The van der Waals surface area contributed by atoms with E-state index in [2.05, 4.69) is 31.7 Å². The van der Waals surface area contributed by atoms with Crippen molar-refractivity contribution in [2.45, 2.75) is 39.0 Å². The van der Waals surface area contributed by atoms with Gasteiger partial charge in [-0.15, -0.1) is 0 Å². The van der Waals surface area contributed by atoms with Crippen LogP contribution in [0.4, 0.5) is 17.6 Å². The van der Waals surface area contributed by atoms with Crippen molar-refractivity contribution >= 4 is 17.6 Å². The lowest BCUT2D eigenvalue weighted by Crippen LogP contribution is -2.27. The highest BCUT2D eigenvalue weighted by Crippen LogP contribution is 2.46. The highest BCUT2D eigenvalue weighted by atomic mass is 15.2. The Morgan fingerprint density at radius 3 is 2.62 bits per heavy atom. The molecule has 1 saturated carbocycles. The predicted molar refractivity (Wildman–Crippen MR) is 104 cm³/mol. The van der Waals surface area contributed by atoms with Gasteiger partial charge in [0, 0.05) is 24.8 Å². The van der Waals surface area contributed by atoms with Crippen molar-refractivity contribution in [3.8, 4) is 11.8 Å². The van der Waals surface area contributed by atoms with Crippen molar-refractivity contribution in [1.29, 1.82) is 0 Å². The summed E-state index contributed by atoms with van der Waals surface area (Å²) in [7, 11) is 0. The van der Waals surface area contributed by atoms with E-state index in [1.807, 2.05) is 13.0 Å². The molecule has 1 aliphatic heterocycles. The molecule has 1 spiro atoms. The van der Waals surface area contributed by atoms with Gasteiger partial charge in [-0.1, -0.05) is 24.7 Å². The van der Waals surface area contributed by atoms with Gasteiger partial charge in [0.2, 0.25) is 5.95 Å². The van der Waals surface area contributed by atoms with E-state index in [0.29, 0.717) is 17.2 Å². The van der Waals surface area contributed by atoms with E-state index >= 15 is 0 Å². The van der Waals surface area contributed by atoms with Gasteiger partial charge < -0.3 is 16.4 Å². The van der Waals surface area contributed by atoms with Crippen molar-refractivity contribution in [2.24, 2.45) is 5.41 Å². The summed E-state index contributed by atoms with van der Waals surface area (Å²) in [5.41, 5.74) is 14.5. The fourth-order valence-corrected chi connectivity index (χ4v) is 4.22. The number of rotatable bonds is 1. The molecular formula is C20H24N6. The lowest BCUT2D eigenvalue weighted by molar-refractivity contribution is 0.340. The van der Waals surface area contributed by atoms with Crippen LogP contribution in [0.15, 0.2) is 18.3 Å². The average molecular weight is 348 g/mol. The van der Waals surface area contributed by atoms with Gasteiger partial charge in [0.25, 0.3) is 0 Å². The van der Waals surface area contributed by atoms with Crippen molar-refractivity contribution in [1.82, 2.24) is 15.0 Å². The van der Waals surface area contributed by atoms with E-state index in [1.54, 1.807) is 12.3 Å². The van der Waals surface area contributed by atoms with Crippen LogP contribution in [-0.2, 0) is 0 Å². The van der Waals surface area contributed by atoms with Gasteiger partial charge in [0.05, 0.1) is 11.3 Å². The van der Waals surface area contributed by atoms with Crippen molar-refractivity contribution in [3.05, 3.63) is 35.2 Å². The molecule has 3 heterocycles. The zero-order chi connectivity index (χ0) is 18.1. The number of aryl methyl sites for hydroxylation is 1. The van der Waals surface area contributed by atoms with Gasteiger partial charge in [0.15, 0.2) is 0 Å². The van der Waals surface area contributed by atoms with Gasteiger partial charge in [-0.2, -0.15) is 4.98 Å². The maximum atomic E-state index is 5.94. The van der Waals surface area contributed by atoms with E-state index in [-0.39, 0.29) is 0 Å². The number of anilines is 3. The molecule has 4 N–H and O–H groups in total. The molecule has 1 saturated heterocycles. The average Bonchev–Trinajstić information content (AvgIpc) is 3.25. The number of nitrogen functional groups attached to an aromatic ring is 2. The summed E-state index contributed by atoms with van der Waals surface area (Å²) in [6.07, 6.45) is 8.23. The topological polar surface area (TPSA) is 94.0 Å². The molecule has 134 valence electrons. The Labute approximate surface area is 154 Å². The third-order valence-electron chi connectivity index (χ3n) is 5.61. The summed E-state index contributed by atoms with van der Waals surface area (Å²) >= 11 is 0. The molecule has 2 fully saturated rings. The normalized spacial score (nSPS) is 18.1. The second kappa shape index (κ2) is 6.49. The Morgan fingerprint density at radius 1 is 1.08 bits per heavy atom. The van der Waals surface area contributed by atoms with Crippen molar-refractivity contribution in [2.75, 3.05) is 29.5 Å². The van der Waals surface area contributed by atoms with Crippen LogP contribution in [-0.4, -0.2) is 28.0 Å². The summed E-state index contributed by atoms with van der Waals surface area (Å²) in [5, 5.41) is 0. The number of hydrogen-bond donors (Lipinski definition) is 2. The van der Waals surface area contributed by atoms with E-state index in [9.17, 15) is 0 Å². The second-order valence-corrected chi connectivity index (χ2v) is 7.47. The molecule has 0 amide bonds. The Bertz CT molecular complexity index is 872. The van der Waals surface area contributed by atoms with Gasteiger partial charge in [0.1, 0.15) is 11.6 Å². The lowest BCUT2D eigenvalue weighted by Gasteiger charge is -2.25. The molecule has 0 bridgehead atoms. The zero-order valence-electron chi connectivity index (χ0n) is 15.1. The van der Waals surface area contributed by atoms with E-state index in [0.717, 1.165) is 35.7 Å². The first kappa shape index (κ1) is 16.6. The molecule has 6 nitrogen and oxygen atoms in total. The molecular weight excluding hydrogens is 324 g/mol. The first-order valence-electron chi connectivity index (χ1n) is 9.17. The standard InChI is InChI=1S/C20H24N6/c1-14-16(6-4-15-5-7-17(21)23-12-15)18(25-19(22)24-14)26-11-10-20(13-26)8-2-3-9-20/h5,7,12H,2-3,8-11,13H2,1H3,(H2,21,23)(H2,22,24,25). The number of nitrogens with two attached hydrogens (primary N) is 2. The van der Waals surface area contributed by atoms with Gasteiger partial charge in [-0.3, -0.25) is 0 Å². The molecule has 0 unspecified atom stereocenters. The summed E-state index contributed by atoms with van der Waals surface area (Å²) < 4.78 is 0. The number of aromatic nitrogens is 3. The van der Waals surface area contributed by atoms with Crippen LogP contribution in [0, 0.1) is 24.2 Å². The van der Waals surface area contributed by atoms with E-state index in [1.165, 1.54) is 32.1 Å². The van der Waals surface area contributed by atoms with Crippen LogP contribution in [0.3, 0.4) is 0 Å². The minimum atomic E-state index is 0.310. The Balaban J connectivity index is 1.68. The fraction of sp³-hybridized carbons (Fsp3) is 0.450. The quantitative estimate of drug-likeness (QED) is 0.769. The molecule has 2 aromatic heterocycles. The maximum absolute atomic E-state index is 5.94. The predicted octanol–water partition coefficient (Wildman–Crippen LogP) is 2.51. The third-order valence-corrected chi connectivity index (χ3v) is 5.61. The van der Waals surface area contributed by atoms with Gasteiger partial charge in [-0.25, -0.2) is 9.97 Å². The van der Waals surface area contributed by atoms with E-state index < -0.39 is 0 Å². The van der Waals surface area contributed by atoms with Crippen LogP contribution in [0.25, 0.3) is 0 Å². The van der Waals surface area contributed by atoms with Crippen LogP contribution in [0.1, 0.15) is 48.9 Å². The first-order chi connectivity index (χ1) is 12.5. The van der Waals surface area contributed by atoms with Crippen molar-refractivity contribution in [3.63, 3.8) is 0 Å². The Kier molecular flexibility index (Phi) is 4.15. The molecule has 26 heavy (non-hydrogen) atoms. The van der Waals surface area contributed by atoms with Crippen LogP contribution >= 0.6 is 0 Å². The molecule has 0 atom stereocenters. The lowest BCUT2D eigenvalue weighted by atomic mass is 9.86. The molecule has 2 aliphatic rings. The number of hydrogen-bond acceptors (Lipinski definition) is 6. The second-order valence-electron chi connectivity index (χ2n) is 7.47. The number of pyridine rings is 1. The van der Waals surface area contributed by atoms with Crippen molar-refractivity contribution < 1.29 is 0 Å². The SMILES string of the molecule is Cc1nc(N)nc(N2CCC3(CCCC3)C2)c1C#Cc1ccc(N)nc1. The largest absolute Gasteiger partial charge is 0.384 e. The Hall–Kier alpha value is -2.81. The summed E-state index contributed by atoms with van der Waals surface area (Å²) in [5.74, 6) is 8.07. The molecule has 2 aromatic rings. The fourth-order valence-electron chi connectivity index (χ4n) is 4.22. The highest BCUT2D eigenvalue weighted by Gasteiger charge is 2.41. The molecule has 1 aliphatic carbocycles. The maximum Gasteiger partial charge on any atom is 0.222 e. The monoisotopic (exact) mass is 348 g/mol. The Morgan fingerprint density at radius 2 is 1.88 bits per heavy atom. The molecule has 0 radical (unpaired) electrons. The minimum absolute atomic E-state index is 0.310. The molecule has 4 rings (SSSR count). The van der Waals surface area contributed by atoms with E-state index in [4.69, 9.17) is 11.5 Å². The molecule has 0 aromatic carbocycles. The third kappa shape index (κ3) is 3.17.